The first-order chi connectivity index (χ1) is 13.7. The zero-order valence-electron chi connectivity index (χ0n) is 15.8. The third-order valence-corrected chi connectivity index (χ3v) is 5.00. The van der Waals surface area contributed by atoms with E-state index >= 15 is 0 Å². The minimum atomic E-state index is -0.199. The van der Waals surface area contributed by atoms with Crippen molar-refractivity contribution in [2.45, 2.75) is 37.8 Å². The van der Waals surface area contributed by atoms with E-state index in [2.05, 4.69) is 30.2 Å². The predicted molar refractivity (Wildman–Crippen MR) is 103 cm³/mol. The largest absolute Gasteiger partial charge is 0.382 e. The normalized spacial score (nSPS) is 19.8. The van der Waals surface area contributed by atoms with Crippen LogP contribution in [-0.2, 0) is 9.47 Å². The van der Waals surface area contributed by atoms with Gasteiger partial charge in [0.1, 0.15) is 5.69 Å². The summed E-state index contributed by atoms with van der Waals surface area (Å²) >= 11 is 0. The van der Waals surface area contributed by atoms with E-state index in [0.29, 0.717) is 41.5 Å². The molecule has 9 heteroatoms. The van der Waals surface area contributed by atoms with Crippen molar-refractivity contribution in [1.82, 2.24) is 30.2 Å². The van der Waals surface area contributed by atoms with Crippen molar-refractivity contribution >= 4 is 16.9 Å². The molecule has 1 aliphatic carbocycles. The van der Waals surface area contributed by atoms with Crippen molar-refractivity contribution in [2.24, 2.45) is 0 Å². The Balaban J connectivity index is 1.44. The molecular weight excluding hydrogens is 360 g/mol. The van der Waals surface area contributed by atoms with E-state index in [0.717, 1.165) is 25.7 Å². The summed E-state index contributed by atoms with van der Waals surface area (Å²) in [4.78, 5) is 32.0. The van der Waals surface area contributed by atoms with Crippen LogP contribution in [0.4, 0.5) is 0 Å². The first-order valence-corrected chi connectivity index (χ1v) is 9.50. The fourth-order valence-electron chi connectivity index (χ4n) is 3.53. The maximum atomic E-state index is 12.9. The first-order valence-electron chi connectivity index (χ1n) is 9.50. The number of carbonyl (C=O) groups excluding carboxylic acids is 1. The van der Waals surface area contributed by atoms with Gasteiger partial charge in [0.2, 0.25) is 0 Å². The Hall–Kier alpha value is -2.78. The highest BCUT2D eigenvalue weighted by atomic mass is 16.5. The van der Waals surface area contributed by atoms with Crippen LogP contribution in [0.5, 0.6) is 0 Å². The number of hydrogen-bond donors (Lipinski definition) is 3. The molecule has 4 rings (SSSR count). The molecule has 3 heterocycles. The van der Waals surface area contributed by atoms with Gasteiger partial charge in [0.25, 0.3) is 5.91 Å². The lowest BCUT2D eigenvalue weighted by atomic mass is 9.93. The van der Waals surface area contributed by atoms with E-state index in [1.54, 1.807) is 25.8 Å². The number of methoxy groups -OCH3 is 1. The second-order valence-electron chi connectivity index (χ2n) is 6.90. The van der Waals surface area contributed by atoms with Crippen LogP contribution in [0.25, 0.3) is 22.6 Å². The molecule has 3 aromatic heterocycles. The van der Waals surface area contributed by atoms with E-state index in [1.807, 2.05) is 6.07 Å². The molecule has 0 saturated heterocycles. The number of rotatable bonds is 7. The summed E-state index contributed by atoms with van der Waals surface area (Å²) in [6.45, 7) is 1.22. The topological polar surface area (TPSA) is 118 Å². The summed E-state index contributed by atoms with van der Waals surface area (Å²) < 4.78 is 10.8. The number of H-pyrrole nitrogens is 2. The quantitative estimate of drug-likeness (QED) is 0.537. The SMILES string of the molecule is COCCOC1CCC(NC(=O)c2nc(-c3c[nH]cn3)nc3cc[nH]c23)CC1. The fraction of sp³-hybridized carbons (Fsp3) is 0.474. The molecule has 148 valence electrons. The highest BCUT2D eigenvalue weighted by molar-refractivity contribution is 6.03. The summed E-state index contributed by atoms with van der Waals surface area (Å²) in [6, 6.07) is 1.94. The Kier molecular flexibility index (Phi) is 5.63. The van der Waals surface area contributed by atoms with Crippen LogP contribution in [0, 0.1) is 0 Å². The molecule has 0 radical (unpaired) electrons. The van der Waals surface area contributed by atoms with E-state index in [-0.39, 0.29) is 18.1 Å². The summed E-state index contributed by atoms with van der Waals surface area (Å²) in [7, 11) is 1.67. The molecule has 9 nitrogen and oxygen atoms in total. The van der Waals surface area contributed by atoms with E-state index < -0.39 is 0 Å². The summed E-state index contributed by atoms with van der Waals surface area (Å²) in [5, 5.41) is 3.12. The minimum absolute atomic E-state index is 0.114. The maximum absolute atomic E-state index is 12.9. The van der Waals surface area contributed by atoms with Gasteiger partial charge in [-0.3, -0.25) is 4.79 Å². The van der Waals surface area contributed by atoms with Gasteiger partial charge in [-0.25, -0.2) is 15.0 Å². The molecule has 0 aromatic carbocycles. The molecule has 1 saturated carbocycles. The van der Waals surface area contributed by atoms with Crippen molar-refractivity contribution in [3.05, 3.63) is 30.5 Å². The summed E-state index contributed by atoms with van der Waals surface area (Å²) in [6.07, 6.45) is 8.89. The number of nitrogens with one attached hydrogen (secondary N) is 3. The lowest BCUT2D eigenvalue weighted by Crippen LogP contribution is -2.39. The molecule has 0 bridgehead atoms. The number of nitrogens with zero attached hydrogens (tertiary/aromatic N) is 3. The molecule has 0 aliphatic heterocycles. The number of imidazole rings is 1. The average Bonchev–Trinajstić information content (AvgIpc) is 3.40. The number of aromatic nitrogens is 5. The van der Waals surface area contributed by atoms with Gasteiger partial charge < -0.3 is 24.8 Å². The third-order valence-electron chi connectivity index (χ3n) is 5.00. The van der Waals surface area contributed by atoms with Crippen molar-refractivity contribution in [1.29, 1.82) is 0 Å². The average molecular weight is 384 g/mol. The zero-order chi connectivity index (χ0) is 19.3. The highest BCUT2D eigenvalue weighted by Crippen LogP contribution is 2.23. The van der Waals surface area contributed by atoms with Gasteiger partial charge in [-0.05, 0) is 31.7 Å². The van der Waals surface area contributed by atoms with Crippen LogP contribution in [0.1, 0.15) is 36.2 Å². The van der Waals surface area contributed by atoms with Gasteiger partial charge in [0.05, 0.1) is 36.7 Å². The van der Waals surface area contributed by atoms with Crippen molar-refractivity contribution < 1.29 is 14.3 Å². The Morgan fingerprint density at radius 1 is 1.25 bits per heavy atom. The van der Waals surface area contributed by atoms with E-state index in [1.165, 1.54) is 0 Å². The molecule has 3 N–H and O–H groups in total. The summed E-state index contributed by atoms with van der Waals surface area (Å²) in [5.74, 6) is 0.226. The monoisotopic (exact) mass is 384 g/mol. The Bertz CT molecular complexity index is 915. The van der Waals surface area contributed by atoms with Gasteiger partial charge in [0, 0.05) is 25.5 Å². The Labute approximate surface area is 162 Å². The molecule has 1 amide bonds. The standard InChI is InChI=1S/C19H24N6O3/c1-27-8-9-28-13-4-2-12(3-5-13)23-19(26)17-16-14(6-7-21-16)24-18(25-17)15-10-20-11-22-15/h6-7,10-13,21H,2-5,8-9H2,1H3,(H,20,22)(H,23,26). The van der Waals surface area contributed by atoms with Crippen LogP contribution in [0.15, 0.2) is 24.8 Å². The molecule has 0 atom stereocenters. The molecular formula is C19H24N6O3. The maximum Gasteiger partial charge on any atom is 0.272 e. The number of ether oxygens (including phenoxy) is 2. The van der Waals surface area contributed by atoms with Crippen LogP contribution in [-0.4, -0.2) is 63.3 Å². The van der Waals surface area contributed by atoms with Crippen molar-refractivity contribution in [3.8, 4) is 11.5 Å². The lowest BCUT2D eigenvalue weighted by molar-refractivity contribution is -0.00409. The number of carbonyl (C=O) groups is 1. The predicted octanol–water partition coefficient (Wildman–Crippen LogP) is 2.05. The highest BCUT2D eigenvalue weighted by Gasteiger charge is 2.25. The van der Waals surface area contributed by atoms with Gasteiger partial charge >= 0.3 is 0 Å². The summed E-state index contributed by atoms with van der Waals surface area (Å²) in [5.41, 5.74) is 2.26. The van der Waals surface area contributed by atoms with Crippen LogP contribution < -0.4 is 5.32 Å². The second kappa shape index (κ2) is 8.49. The van der Waals surface area contributed by atoms with Gasteiger partial charge in [-0.2, -0.15) is 0 Å². The lowest BCUT2D eigenvalue weighted by Gasteiger charge is -2.29. The minimum Gasteiger partial charge on any atom is -0.382 e. The smallest absolute Gasteiger partial charge is 0.272 e. The number of hydrogen-bond acceptors (Lipinski definition) is 6. The molecule has 0 unspecified atom stereocenters. The van der Waals surface area contributed by atoms with Crippen molar-refractivity contribution in [2.75, 3.05) is 20.3 Å². The van der Waals surface area contributed by atoms with Gasteiger partial charge in [0.15, 0.2) is 11.5 Å². The molecule has 0 spiro atoms. The van der Waals surface area contributed by atoms with E-state index in [9.17, 15) is 4.79 Å². The van der Waals surface area contributed by atoms with Gasteiger partial charge in [-0.15, -0.1) is 0 Å². The Morgan fingerprint density at radius 2 is 2.11 bits per heavy atom. The van der Waals surface area contributed by atoms with Crippen molar-refractivity contribution in [3.63, 3.8) is 0 Å². The van der Waals surface area contributed by atoms with Crippen LogP contribution in [0.3, 0.4) is 0 Å². The van der Waals surface area contributed by atoms with E-state index in [4.69, 9.17) is 9.47 Å². The number of aromatic amines is 2. The van der Waals surface area contributed by atoms with Crippen LogP contribution >= 0.6 is 0 Å². The number of amides is 1. The fourth-order valence-corrected chi connectivity index (χ4v) is 3.53. The molecule has 28 heavy (non-hydrogen) atoms. The van der Waals surface area contributed by atoms with Crippen LogP contribution in [0.2, 0.25) is 0 Å². The molecule has 1 aliphatic rings. The Morgan fingerprint density at radius 3 is 2.86 bits per heavy atom. The first kappa shape index (κ1) is 18.6. The third kappa shape index (κ3) is 4.05. The number of fused-ring (bicyclic) bond motifs is 1. The molecule has 1 fully saturated rings. The van der Waals surface area contributed by atoms with Gasteiger partial charge in [-0.1, -0.05) is 0 Å². The second-order valence-corrected chi connectivity index (χ2v) is 6.90. The zero-order valence-corrected chi connectivity index (χ0v) is 15.8. The molecule has 3 aromatic rings.